The molecule has 2 fully saturated rings. The van der Waals surface area contributed by atoms with Crippen LogP contribution in [0.2, 0.25) is 0 Å². The fourth-order valence-corrected chi connectivity index (χ4v) is 3.09. The average Bonchev–Trinajstić information content (AvgIpc) is 3.13. The number of carbonyl (C=O) groups excluding carboxylic acids is 2. The van der Waals surface area contributed by atoms with Gasteiger partial charge in [0.1, 0.15) is 12.6 Å². The summed E-state index contributed by atoms with van der Waals surface area (Å²) in [7, 11) is 0. The van der Waals surface area contributed by atoms with Gasteiger partial charge in [-0.25, -0.2) is 4.79 Å². The molecule has 0 radical (unpaired) electrons. The molecule has 0 bridgehead atoms. The van der Waals surface area contributed by atoms with Gasteiger partial charge in [-0.2, -0.15) is 5.06 Å². The van der Waals surface area contributed by atoms with Crippen LogP contribution in [0.15, 0.2) is 30.3 Å². The van der Waals surface area contributed by atoms with Gasteiger partial charge in [0, 0.05) is 12.8 Å². The number of nitrogens with zero attached hydrogens (tertiary/aromatic N) is 1. The lowest BCUT2D eigenvalue weighted by atomic mass is 10.1. The van der Waals surface area contributed by atoms with Crippen LogP contribution in [0.4, 0.5) is 0 Å². The largest absolute Gasteiger partial charge is 0.477 e. The van der Waals surface area contributed by atoms with Crippen molar-refractivity contribution in [3.8, 4) is 0 Å². The predicted molar refractivity (Wildman–Crippen MR) is 88.2 cm³/mol. The summed E-state index contributed by atoms with van der Waals surface area (Å²) in [5, 5.41) is 12.9. The number of ether oxygens (including phenoxy) is 1. The fraction of sp³-hybridized carbons (Fsp3) is 0.375. The molecule has 2 saturated heterocycles. The van der Waals surface area contributed by atoms with Crippen molar-refractivity contribution < 1.29 is 29.1 Å². The zero-order valence-corrected chi connectivity index (χ0v) is 14.0. The van der Waals surface area contributed by atoms with Crippen LogP contribution in [-0.4, -0.2) is 51.4 Å². The number of carboxylic acids is 1. The van der Waals surface area contributed by atoms with E-state index in [1.165, 1.54) is 0 Å². The Labute approximate surface area is 148 Å². The van der Waals surface area contributed by atoms with Crippen LogP contribution in [0, 0.1) is 0 Å². The van der Waals surface area contributed by atoms with E-state index in [0.717, 1.165) is 5.56 Å². The number of carbonyl (C=O) groups is 3. The smallest absolute Gasteiger partial charge is 0.372 e. The van der Waals surface area contributed by atoms with Crippen molar-refractivity contribution >= 4 is 35.1 Å². The Balaban J connectivity index is 1.66. The molecule has 1 amide bonds. The molecule has 0 aliphatic carbocycles. The molecule has 1 aromatic carbocycles. The molecule has 25 heavy (non-hydrogen) atoms. The summed E-state index contributed by atoms with van der Waals surface area (Å²) in [5.41, 5.74) is -1.12. The third-order valence-electron chi connectivity index (χ3n) is 4.02. The molecule has 0 saturated carbocycles. The zero-order valence-electron chi connectivity index (χ0n) is 13.1. The Morgan fingerprint density at radius 2 is 2.08 bits per heavy atom. The second-order valence-electron chi connectivity index (χ2n) is 5.77. The van der Waals surface area contributed by atoms with E-state index < -0.39 is 29.6 Å². The number of hydroxylamine groups is 2. The van der Waals surface area contributed by atoms with Crippen LogP contribution in [0.5, 0.6) is 0 Å². The van der Waals surface area contributed by atoms with E-state index in [1.807, 2.05) is 30.3 Å². The van der Waals surface area contributed by atoms with Gasteiger partial charge in [0.2, 0.25) is 0 Å². The topological polar surface area (TPSA) is 105 Å². The van der Waals surface area contributed by atoms with E-state index in [9.17, 15) is 19.5 Å². The third-order valence-corrected chi connectivity index (χ3v) is 4.29. The maximum atomic E-state index is 12.5. The van der Waals surface area contributed by atoms with Crippen LogP contribution in [-0.2, 0) is 30.4 Å². The molecule has 1 aromatic rings. The highest BCUT2D eigenvalue weighted by Crippen LogP contribution is 2.34. The van der Waals surface area contributed by atoms with E-state index in [4.69, 9.17) is 21.8 Å². The SMILES string of the molecule is O=C1CCC(C(=O)O)(N2OC[C@H](NC(=S)Cc3ccccc3)C2=O)O1. The molecule has 2 N–H and O–H groups in total. The van der Waals surface area contributed by atoms with Crippen molar-refractivity contribution in [2.45, 2.75) is 31.0 Å². The molecule has 2 atom stereocenters. The van der Waals surface area contributed by atoms with Gasteiger partial charge < -0.3 is 15.2 Å². The van der Waals surface area contributed by atoms with Crippen molar-refractivity contribution in [1.29, 1.82) is 0 Å². The Kier molecular flexibility index (Phi) is 4.69. The van der Waals surface area contributed by atoms with Crippen molar-refractivity contribution in [2.75, 3.05) is 6.61 Å². The number of cyclic esters (lactones) is 1. The van der Waals surface area contributed by atoms with Gasteiger partial charge in [-0.1, -0.05) is 42.5 Å². The average molecular weight is 364 g/mol. The van der Waals surface area contributed by atoms with Crippen molar-refractivity contribution in [3.05, 3.63) is 35.9 Å². The van der Waals surface area contributed by atoms with E-state index in [1.54, 1.807) is 0 Å². The lowest BCUT2D eigenvalue weighted by molar-refractivity contribution is -0.256. The Bertz CT molecular complexity index is 725. The Hall–Kier alpha value is -2.52. The molecule has 8 nitrogen and oxygen atoms in total. The number of hydrogen-bond donors (Lipinski definition) is 2. The number of rotatable bonds is 5. The quantitative estimate of drug-likeness (QED) is 0.572. The predicted octanol–water partition coefficient (Wildman–Crippen LogP) is 0.406. The second-order valence-corrected chi connectivity index (χ2v) is 6.27. The minimum atomic E-state index is -2.11. The summed E-state index contributed by atoms with van der Waals surface area (Å²) in [5.74, 6) is -2.76. The molecule has 2 heterocycles. The minimum absolute atomic E-state index is 0.0933. The van der Waals surface area contributed by atoms with Gasteiger partial charge in [0.25, 0.3) is 5.91 Å². The number of thiocarbonyl (C=S) groups is 1. The lowest BCUT2D eigenvalue weighted by Crippen LogP contribution is -2.56. The third kappa shape index (κ3) is 3.33. The highest BCUT2D eigenvalue weighted by molar-refractivity contribution is 7.80. The summed E-state index contributed by atoms with van der Waals surface area (Å²) in [6.45, 7) is -0.0969. The van der Waals surface area contributed by atoms with Crippen LogP contribution < -0.4 is 5.32 Å². The summed E-state index contributed by atoms with van der Waals surface area (Å²) < 4.78 is 4.89. The standard InChI is InChI=1S/C16H16N2O6S/c19-13-6-7-16(24-13,15(21)22)18-14(20)11(9-23-18)17-12(25)8-10-4-2-1-3-5-10/h1-5,11H,6-9H2,(H,17,25)(H,21,22)/t11-,16?/m0/s1. The van der Waals surface area contributed by atoms with Crippen LogP contribution >= 0.6 is 12.2 Å². The lowest BCUT2D eigenvalue weighted by Gasteiger charge is -2.30. The summed E-state index contributed by atoms with van der Waals surface area (Å²) >= 11 is 5.26. The molecule has 3 rings (SSSR count). The molecule has 132 valence electrons. The number of esters is 1. The van der Waals surface area contributed by atoms with E-state index >= 15 is 0 Å². The van der Waals surface area contributed by atoms with Gasteiger partial charge in [-0.05, 0) is 5.56 Å². The maximum Gasteiger partial charge on any atom is 0.372 e. The van der Waals surface area contributed by atoms with E-state index in [2.05, 4.69) is 5.32 Å². The van der Waals surface area contributed by atoms with Crippen LogP contribution in [0.25, 0.3) is 0 Å². The van der Waals surface area contributed by atoms with Gasteiger partial charge in [0.05, 0.1) is 11.4 Å². The van der Waals surface area contributed by atoms with Crippen molar-refractivity contribution in [3.63, 3.8) is 0 Å². The molecule has 2 aliphatic heterocycles. The zero-order chi connectivity index (χ0) is 18.0. The van der Waals surface area contributed by atoms with Gasteiger partial charge in [0.15, 0.2) is 0 Å². The Morgan fingerprint density at radius 3 is 2.68 bits per heavy atom. The summed E-state index contributed by atoms with van der Waals surface area (Å²) in [6.07, 6.45) is 0.192. The molecule has 9 heteroatoms. The van der Waals surface area contributed by atoms with E-state index in [-0.39, 0.29) is 19.4 Å². The minimum Gasteiger partial charge on any atom is -0.477 e. The molecule has 0 spiro atoms. The highest BCUT2D eigenvalue weighted by atomic mass is 32.1. The molecule has 2 aliphatic rings. The number of amides is 1. The first-order valence-electron chi connectivity index (χ1n) is 7.68. The van der Waals surface area contributed by atoms with Crippen molar-refractivity contribution in [1.82, 2.24) is 10.4 Å². The number of carboxylic acid groups (broad SMARTS) is 1. The van der Waals surface area contributed by atoms with Crippen LogP contribution in [0.1, 0.15) is 18.4 Å². The normalized spacial score (nSPS) is 25.8. The van der Waals surface area contributed by atoms with Gasteiger partial charge in [-0.15, -0.1) is 0 Å². The summed E-state index contributed by atoms with van der Waals surface area (Å²) in [6, 6.07) is 8.64. The van der Waals surface area contributed by atoms with Crippen LogP contribution in [0.3, 0.4) is 0 Å². The molecular formula is C16H16N2O6S. The maximum absolute atomic E-state index is 12.5. The second kappa shape index (κ2) is 6.77. The van der Waals surface area contributed by atoms with Gasteiger partial charge >= 0.3 is 17.7 Å². The number of nitrogens with one attached hydrogen (secondary N) is 1. The van der Waals surface area contributed by atoms with Crippen molar-refractivity contribution in [2.24, 2.45) is 0 Å². The highest BCUT2D eigenvalue weighted by Gasteiger charge is 2.59. The van der Waals surface area contributed by atoms with Gasteiger partial charge in [-0.3, -0.25) is 14.4 Å². The molecular weight excluding hydrogens is 348 g/mol. The monoisotopic (exact) mass is 364 g/mol. The first-order valence-corrected chi connectivity index (χ1v) is 8.09. The number of hydrogen-bond acceptors (Lipinski definition) is 6. The number of aliphatic carboxylic acids is 1. The van der Waals surface area contributed by atoms with E-state index in [0.29, 0.717) is 16.5 Å². The Morgan fingerprint density at radius 1 is 1.36 bits per heavy atom. The molecule has 0 aromatic heterocycles. The fourth-order valence-electron chi connectivity index (χ4n) is 2.78. The number of benzene rings is 1. The molecule has 1 unspecified atom stereocenters. The first-order chi connectivity index (χ1) is 11.9. The first kappa shape index (κ1) is 17.3. The summed E-state index contributed by atoms with van der Waals surface area (Å²) in [4.78, 5) is 41.1.